The maximum Gasteiger partial charge on any atom is 0.413 e. The van der Waals surface area contributed by atoms with Gasteiger partial charge in [-0.3, -0.25) is 15.6 Å². The largest absolute Gasteiger partial charge is 0.444 e. The van der Waals surface area contributed by atoms with Crippen LogP contribution in [-0.4, -0.2) is 52.0 Å². The third-order valence-electron chi connectivity index (χ3n) is 6.42. The zero-order valence-corrected chi connectivity index (χ0v) is 26.3. The minimum Gasteiger partial charge on any atom is -0.444 e. The van der Waals surface area contributed by atoms with Gasteiger partial charge in [-0.1, -0.05) is 83.3 Å². The van der Waals surface area contributed by atoms with Gasteiger partial charge in [-0.25, -0.2) is 9.59 Å². The SMILES string of the molecule is CCCCCCCCCCCCC/C=C/[C@H]1OC(C)(C)N(C(=O)OC(C)(C)C)[C@H]1C(=N)NC(=O)OC(C)(C)C. The van der Waals surface area contributed by atoms with Crippen molar-refractivity contribution in [1.29, 1.82) is 5.41 Å². The number of rotatable bonds is 14. The van der Waals surface area contributed by atoms with Crippen LogP contribution in [0.1, 0.15) is 139 Å². The maximum atomic E-state index is 13.2. The summed E-state index contributed by atoms with van der Waals surface area (Å²) in [5, 5.41) is 11.2. The van der Waals surface area contributed by atoms with Crippen LogP contribution < -0.4 is 5.32 Å². The average Bonchev–Trinajstić information content (AvgIpc) is 3.04. The number of nitrogens with zero attached hydrogens (tertiary/aromatic N) is 1. The van der Waals surface area contributed by atoms with E-state index in [-0.39, 0.29) is 5.84 Å². The number of amidine groups is 1. The van der Waals surface area contributed by atoms with Crippen molar-refractivity contribution in [3.05, 3.63) is 12.2 Å². The van der Waals surface area contributed by atoms with Crippen LogP contribution in [0.3, 0.4) is 0 Å². The van der Waals surface area contributed by atoms with Gasteiger partial charge in [-0.2, -0.15) is 0 Å². The number of ether oxygens (including phenoxy) is 3. The molecule has 0 aliphatic carbocycles. The van der Waals surface area contributed by atoms with E-state index in [0.717, 1.165) is 12.8 Å². The van der Waals surface area contributed by atoms with Crippen molar-refractivity contribution in [3.8, 4) is 0 Å². The van der Waals surface area contributed by atoms with Crippen LogP contribution in [0.25, 0.3) is 0 Å². The van der Waals surface area contributed by atoms with E-state index in [4.69, 9.17) is 19.6 Å². The van der Waals surface area contributed by atoms with Crippen molar-refractivity contribution in [3.63, 3.8) is 0 Å². The number of unbranched alkanes of at least 4 members (excludes halogenated alkanes) is 11. The number of carbonyl (C=O) groups is 2. The van der Waals surface area contributed by atoms with Crippen molar-refractivity contribution in [2.24, 2.45) is 0 Å². The lowest BCUT2D eigenvalue weighted by Crippen LogP contribution is -2.56. The van der Waals surface area contributed by atoms with Crippen LogP contribution in [0.5, 0.6) is 0 Å². The topological polar surface area (TPSA) is 101 Å². The number of nitrogens with one attached hydrogen (secondary N) is 2. The highest BCUT2D eigenvalue weighted by molar-refractivity contribution is 5.99. The number of alkyl carbamates (subject to hydrolysis) is 1. The van der Waals surface area contributed by atoms with Gasteiger partial charge in [-0.05, 0) is 68.2 Å². The molecule has 1 heterocycles. The minimum absolute atomic E-state index is 0.176. The zero-order chi connectivity index (χ0) is 29.7. The predicted molar refractivity (Wildman–Crippen MR) is 158 cm³/mol. The van der Waals surface area contributed by atoms with Gasteiger partial charge in [0.2, 0.25) is 0 Å². The molecule has 0 spiro atoms. The second-order valence-electron chi connectivity index (χ2n) is 13.1. The second kappa shape index (κ2) is 16.2. The van der Waals surface area contributed by atoms with Crippen LogP contribution in [0, 0.1) is 5.41 Å². The van der Waals surface area contributed by atoms with E-state index >= 15 is 0 Å². The number of carbonyl (C=O) groups excluding carboxylic acids is 2. The van der Waals surface area contributed by atoms with Crippen LogP contribution in [0.4, 0.5) is 9.59 Å². The first-order chi connectivity index (χ1) is 18.1. The molecule has 1 saturated heterocycles. The van der Waals surface area contributed by atoms with Gasteiger partial charge >= 0.3 is 12.2 Å². The Hall–Kier alpha value is -2.09. The molecule has 1 aliphatic heterocycles. The quantitative estimate of drug-likeness (QED) is 0.0975. The third-order valence-corrected chi connectivity index (χ3v) is 6.42. The Bertz CT molecular complexity index is 795. The van der Waals surface area contributed by atoms with Crippen molar-refractivity contribution >= 4 is 18.0 Å². The first kappa shape index (κ1) is 34.9. The molecule has 0 saturated carbocycles. The van der Waals surface area contributed by atoms with E-state index in [1.807, 2.05) is 6.08 Å². The van der Waals surface area contributed by atoms with E-state index in [0.29, 0.717) is 0 Å². The smallest absolute Gasteiger partial charge is 0.413 e. The molecule has 39 heavy (non-hydrogen) atoms. The van der Waals surface area contributed by atoms with Gasteiger partial charge in [0.05, 0.1) is 0 Å². The summed E-state index contributed by atoms with van der Waals surface area (Å²) in [7, 11) is 0. The van der Waals surface area contributed by atoms with Gasteiger partial charge in [0.25, 0.3) is 0 Å². The van der Waals surface area contributed by atoms with Crippen molar-refractivity contribution in [2.45, 2.75) is 168 Å². The van der Waals surface area contributed by atoms with E-state index < -0.39 is 41.3 Å². The summed E-state index contributed by atoms with van der Waals surface area (Å²) in [5.41, 5.74) is -2.48. The Labute approximate surface area is 238 Å². The molecule has 8 heteroatoms. The first-order valence-electron chi connectivity index (χ1n) is 15.0. The normalized spacial score (nSPS) is 19.4. The fraction of sp³-hybridized carbons (Fsp3) is 0.839. The molecule has 1 rings (SSSR count). The minimum atomic E-state index is -1.04. The summed E-state index contributed by atoms with van der Waals surface area (Å²) < 4.78 is 17.2. The number of allylic oxidation sites excluding steroid dienone is 1. The third kappa shape index (κ3) is 14.2. The Balaban J connectivity index is 2.73. The van der Waals surface area contributed by atoms with Crippen LogP contribution in [-0.2, 0) is 14.2 Å². The van der Waals surface area contributed by atoms with E-state index in [2.05, 4.69) is 18.3 Å². The van der Waals surface area contributed by atoms with Gasteiger partial charge in [-0.15, -0.1) is 0 Å². The van der Waals surface area contributed by atoms with Crippen molar-refractivity contribution < 1.29 is 23.8 Å². The Morgan fingerprint density at radius 2 is 1.36 bits per heavy atom. The molecule has 226 valence electrons. The molecule has 0 aromatic rings. The molecule has 2 amide bonds. The highest BCUT2D eigenvalue weighted by Gasteiger charge is 2.52. The molecule has 0 unspecified atom stereocenters. The molecule has 0 aromatic heterocycles. The van der Waals surface area contributed by atoms with Gasteiger partial charge in [0.15, 0.2) is 0 Å². The maximum absolute atomic E-state index is 13.2. The Kier molecular flexibility index (Phi) is 14.5. The first-order valence-corrected chi connectivity index (χ1v) is 15.0. The van der Waals surface area contributed by atoms with E-state index in [1.54, 1.807) is 55.4 Å². The van der Waals surface area contributed by atoms with E-state index in [1.165, 1.54) is 69.1 Å². The second-order valence-corrected chi connectivity index (χ2v) is 13.1. The molecule has 8 nitrogen and oxygen atoms in total. The fourth-order valence-electron chi connectivity index (χ4n) is 4.66. The lowest BCUT2D eigenvalue weighted by atomic mass is 10.0. The molecule has 2 atom stereocenters. The lowest BCUT2D eigenvalue weighted by molar-refractivity contribution is -0.0707. The van der Waals surface area contributed by atoms with Crippen LogP contribution >= 0.6 is 0 Å². The Morgan fingerprint density at radius 1 is 0.872 bits per heavy atom. The zero-order valence-electron chi connectivity index (χ0n) is 26.3. The molecule has 0 radical (unpaired) electrons. The van der Waals surface area contributed by atoms with Crippen LogP contribution in [0.2, 0.25) is 0 Å². The van der Waals surface area contributed by atoms with Gasteiger partial charge < -0.3 is 14.2 Å². The molecule has 0 aromatic carbocycles. The molecule has 1 fully saturated rings. The van der Waals surface area contributed by atoms with Crippen molar-refractivity contribution in [2.75, 3.05) is 0 Å². The summed E-state index contributed by atoms with van der Waals surface area (Å²) in [6.07, 6.45) is 17.1. The predicted octanol–water partition coefficient (Wildman–Crippen LogP) is 8.49. The summed E-state index contributed by atoms with van der Waals surface area (Å²) in [4.78, 5) is 27.0. The van der Waals surface area contributed by atoms with Crippen LogP contribution in [0.15, 0.2) is 12.2 Å². The summed E-state index contributed by atoms with van der Waals surface area (Å²) in [6.45, 7) is 16.4. The Morgan fingerprint density at radius 3 is 1.85 bits per heavy atom. The lowest BCUT2D eigenvalue weighted by Gasteiger charge is -2.35. The summed E-state index contributed by atoms with van der Waals surface area (Å²) in [5.74, 6) is -0.176. The monoisotopic (exact) mass is 551 g/mol. The van der Waals surface area contributed by atoms with Gasteiger partial charge in [0.1, 0.15) is 34.9 Å². The number of hydrogen-bond acceptors (Lipinski definition) is 6. The highest BCUT2D eigenvalue weighted by Crippen LogP contribution is 2.35. The van der Waals surface area contributed by atoms with Gasteiger partial charge in [0, 0.05) is 0 Å². The molecule has 1 aliphatic rings. The van der Waals surface area contributed by atoms with E-state index in [9.17, 15) is 9.59 Å². The molecular formula is C31H57N3O5. The fourth-order valence-corrected chi connectivity index (χ4v) is 4.66. The summed E-state index contributed by atoms with van der Waals surface area (Å²) >= 11 is 0. The molecular weight excluding hydrogens is 494 g/mol. The summed E-state index contributed by atoms with van der Waals surface area (Å²) in [6, 6.07) is -0.865. The average molecular weight is 552 g/mol. The molecule has 0 bridgehead atoms. The number of hydrogen-bond donors (Lipinski definition) is 2. The van der Waals surface area contributed by atoms with Crippen molar-refractivity contribution in [1.82, 2.24) is 10.2 Å². The molecule has 2 N–H and O–H groups in total. The highest BCUT2D eigenvalue weighted by atomic mass is 16.6. The number of amides is 2. The standard InChI is InChI=1S/C31H57N3O5/c1-10-11-12-13-14-15-16-17-18-19-20-21-22-23-24-25(26(32)33-27(35)38-29(2,3)4)34(31(8,9)37-24)28(36)39-30(5,6)7/h22-25H,10-21H2,1-9H3,(H2,32,33,35)/b23-22+/t24-,25-/m1/s1.